The highest BCUT2D eigenvalue weighted by Gasteiger charge is 2.14. The second-order valence-electron chi connectivity index (χ2n) is 4.70. The zero-order valence-electron chi connectivity index (χ0n) is 10.9. The van der Waals surface area contributed by atoms with Crippen LogP contribution in [0.5, 0.6) is 0 Å². The van der Waals surface area contributed by atoms with Crippen LogP contribution in [0.3, 0.4) is 0 Å². The number of H-pyrrole nitrogens is 1. The van der Waals surface area contributed by atoms with Crippen molar-refractivity contribution in [3.63, 3.8) is 0 Å². The third-order valence-electron chi connectivity index (χ3n) is 2.78. The molecule has 0 radical (unpaired) electrons. The van der Waals surface area contributed by atoms with Gasteiger partial charge in [-0.25, -0.2) is 4.98 Å². The van der Waals surface area contributed by atoms with E-state index in [1.54, 1.807) is 6.07 Å². The average molecular weight is 252 g/mol. The number of hydrogen-bond donors (Lipinski definition) is 2. The van der Waals surface area contributed by atoms with E-state index in [-0.39, 0.29) is 5.56 Å². The van der Waals surface area contributed by atoms with Gasteiger partial charge in [0.25, 0.3) is 5.56 Å². The molecule has 6 heteroatoms. The molecule has 0 amide bonds. The van der Waals surface area contributed by atoms with Crippen LogP contribution in [0.25, 0.3) is 0 Å². The Morgan fingerprint density at radius 3 is 2.89 bits per heavy atom. The van der Waals surface area contributed by atoms with E-state index in [0.717, 1.165) is 18.8 Å². The molecule has 0 aromatic carbocycles. The van der Waals surface area contributed by atoms with Gasteiger partial charge in [0.05, 0.1) is 18.9 Å². The minimum atomic E-state index is -0.105. The standard InChI is InChI=1S/C12H20N4O2/c1-9(2)13-8-10-7-11(17)15-12(14-10)16-3-5-18-6-4-16/h7,9,13H,3-6,8H2,1-2H3,(H,14,15,17). The van der Waals surface area contributed by atoms with E-state index in [0.29, 0.717) is 31.7 Å². The van der Waals surface area contributed by atoms with Crippen molar-refractivity contribution in [2.24, 2.45) is 0 Å². The Kier molecular flexibility index (Phi) is 4.33. The summed E-state index contributed by atoms with van der Waals surface area (Å²) in [4.78, 5) is 20.9. The van der Waals surface area contributed by atoms with E-state index in [4.69, 9.17) is 4.74 Å². The monoisotopic (exact) mass is 252 g/mol. The second-order valence-corrected chi connectivity index (χ2v) is 4.70. The number of nitrogens with one attached hydrogen (secondary N) is 2. The van der Waals surface area contributed by atoms with Crippen molar-refractivity contribution in [1.29, 1.82) is 0 Å². The summed E-state index contributed by atoms with van der Waals surface area (Å²) in [6, 6.07) is 1.91. The number of aromatic amines is 1. The van der Waals surface area contributed by atoms with E-state index in [1.807, 2.05) is 4.90 Å². The van der Waals surface area contributed by atoms with Gasteiger partial charge in [-0.15, -0.1) is 0 Å². The van der Waals surface area contributed by atoms with Gasteiger partial charge in [0.15, 0.2) is 0 Å². The second kappa shape index (κ2) is 5.97. The first-order chi connectivity index (χ1) is 8.65. The summed E-state index contributed by atoms with van der Waals surface area (Å²) < 4.78 is 5.29. The maximum Gasteiger partial charge on any atom is 0.252 e. The van der Waals surface area contributed by atoms with E-state index < -0.39 is 0 Å². The summed E-state index contributed by atoms with van der Waals surface area (Å²) in [5.74, 6) is 0.645. The molecule has 1 fully saturated rings. The predicted molar refractivity (Wildman–Crippen MR) is 69.9 cm³/mol. The van der Waals surface area contributed by atoms with Crippen LogP contribution in [0.1, 0.15) is 19.5 Å². The van der Waals surface area contributed by atoms with Crippen molar-refractivity contribution < 1.29 is 4.74 Å². The van der Waals surface area contributed by atoms with E-state index >= 15 is 0 Å². The fourth-order valence-corrected chi connectivity index (χ4v) is 1.82. The highest BCUT2D eigenvalue weighted by molar-refractivity contribution is 5.30. The lowest BCUT2D eigenvalue weighted by Gasteiger charge is -2.27. The average Bonchev–Trinajstić information content (AvgIpc) is 2.37. The maximum absolute atomic E-state index is 11.6. The van der Waals surface area contributed by atoms with Gasteiger partial charge >= 0.3 is 0 Å². The largest absolute Gasteiger partial charge is 0.378 e. The normalized spacial score (nSPS) is 16.3. The third-order valence-corrected chi connectivity index (χ3v) is 2.78. The minimum Gasteiger partial charge on any atom is -0.378 e. The Balaban J connectivity index is 2.12. The molecule has 0 spiro atoms. The number of rotatable bonds is 4. The molecule has 2 heterocycles. The molecular formula is C12H20N4O2. The molecule has 1 aliphatic rings. The molecule has 6 nitrogen and oxygen atoms in total. The lowest BCUT2D eigenvalue weighted by molar-refractivity contribution is 0.122. The van der Waals surface area contributed by atoms with Gasteiger partial charge < -0.3 is 15.0 Å². The topological polar surface area (TPSA) is 70.2 Å². The molecule has 0 atom stereocenters. The van der Waals surface area contributed by atoms with Gasteiger partial charge in [-0.05, 0) is 0 Å². The number of aromatic nitrogens is 2. The number of nitrogens with zero attached hydrogens (tertiary/aromatic N) is 2. The van der Waals surface area contributed by atoms with Crippen LogP contribution in [-0.2, 0) is 11.3 Å². The van der Waals surface area contributed by atoms with Crippen molar-refractivity contribution in [3.05, 3.63) is 22.1 Å². The molecule has 0 aliphatic carbocycles. The van der Waals surface area contributed by atoms with Crippen LogP contribution in [0.4, 0.5) is 5.95 Å². The van der Waals surface area contributed by atoms with E-state index in [1.165, 1.54) is 0 Å². The van der Waals surface area contributed by atoms with Crippen molar-refractivity contribution in [2.45, 2.75) is 26.4 Å². The first kappa shape index (κ1) is 13.0. The lowest BCUT2D eigenvalue weighted by Crippen LogP contribution is -2.38. The zero-order chi connectivity index (χ0) is 13.0. The zero-order valence-corrected chi connectivity index (χ0v) is 10.9. The highest BCUT2D eigenvalue weighted by Crippen LogP contribution is 2.08. The number of morpholine rings is 1. The smallest absolute Gasteiger partial charge is 0.252 e. The molecule has 0 saturated carbocycles. The molecule has 2 rings (SSSR count). The summed E-state index contributed by atoms with van der Waals surface area (Å²) in [6.07, 6.45) is 0. The van der Waals surface area contributed by atoms with Crippen molar-refractivity contribution in [3.8, 4) is 0 Å². The molecule has 0 unspecified atom stereocenters. The Hall–Kier alpha value is -1.40. The number of ether oxygens (including phenoxy) is 1. The molecular weight excluding hydrogens is 232 g/mol. The van der Waals surface area contributed by atoms with Crippen molar-refractivity contribution >= 4 is 5.95 Å². The Morgan fingerprint density at radius 1 is 1.50 bits per heavy atom. The van der Waals surface area contributed by atoms with Gasteiger partial charge in [0, 0.05) is 31.7 Å². The first-order valence-corrected chi connectivity index (χ1v) is 6.31. The van der Waals surface area contributed by atoms with Crippen LogP contribution in [-0.4, -0.2) is 42.3 Å². The SMILES string of the molecule is CC(C)NCc1cc(=O)[nH]c(N2CCOCC2)n1. The molecule has 0 bridgehead atoms. The van der Waals surface area contributed by atoms with Crippen LogP contribution in [0.15, 0.2) is 10.9 Å². The Bertz CT molecular complexity index is 438. The Morgan fingerprint density at radius 2 is 2.22 bits per heavy atom. The highest BCUT2D eigenvalue weighted by atomic mass is 16.5. The number of anilines is 1. The summed E-state index contributed by atoms with van der Waals surface area (Å²) in [7, 11) is 0. The summed E-state index contributed by atoms with van der Waals surface area (Å²) in [6.45, 7) is 7.63. The van der Waals surface area contributed by atoms with Gasteiger partial charge in [0.2, 0.25) is 5.95 Å². The minimum absolute atomic E-state index is 0.105. The maximum atomic E-state index is 11.6. The molecule has 100 valence electrons. The molecule has 1 aliphatic heterocycles. The fourth-order valence-electron chi connectivity index (χ4n) is 1.82. The fraction of sp³-hybridized carbons (Fsp3) is 0.667. The van der Waals surface area contributed by atoms with Crippen LogP contribution >= 0.6 is 0 Å². The third kappa shape index (κ3) is 3.54. The van der Waals surface area contributed by atoms with Gasteiger partial charge in [-0.1, -0.05) is 13.8 Å². The molecule has 1 aromatic rings. The molecule has 2 N–H and O–H groups in total. The van der Waals surface area contributed by atoms with Crippen molar-refractivity contribution in [1.82, 2.24) is 15.3 Å². The van der Waals surface area contributed by atoms with Crippen LogP contribution < -0.4 is 15.8 Å². The van der Waals surface area contributed by atoms with Crippen LogP contribution in [0.2, 0.25) is 0 Å². The first-order valence-electron chi connectivity index (χ1n) is 6.31. The molecule has 1 saturated heterocycles. The lowest BCUT2D eigenvalue weighted by atomic mass is 10.3. The van der Waals surface area contributed by atoms with Crippen LogP contribution in [0, 0.1) is 0 Å². The van der Waals surface area contributed by atoms with E-state index in [9.17, 15) is 4.79 Å². The van der Waals surface area contributed by atoms with E-state index in [2.05, 4.69) is 29.1 Å². The molecule has 1 aromatic heterocycles. The van der Waals surface area contributed by atoms with Gasteiger partial charge in [-0.2, -0.15) is 0 Å². The van der Waals surface area contributed by atoms with Gasteiger partial charge in [0.1, 0.15) is 0 Å². The summed E-state index contributed by atoms with van der Waals surface area (Å²) in [5, 5.41) is 3.26. The summed E-state index contributed by atoms with van der Waals surface area (Å²) >= 11 is 0. The Labute approximate surface area is 106 Å². The van der Waals surface area contributed by atoms with Gasteiger partial charge in [-0.3, -0.25) is 9.78 Å². The summed E-state index contributed by atoms with van der Waals surface area (Å²) in [5.41, 5.74) is 0.668. The quantitative estimate of drug-likeness (QED) is 0.795. The van der Waals surface area contributed by atoms with Crippen molar-refractivity contribution in [2.75, 3.05) is 31.2 Å². The predicted octanol–water partition coefficient (Wildman–Crippen LogP) is 0.105. The number of hydrogen-bond acceptors (Lipinski definition) is 5. The molecule has 18 heavy (non-hydrogen) atoms.